The van der Waals surface area contributed by atoms with E-state index in [-0.39, 0.29) is 11.9 Å². The van der Waals surface area contributed by atoms with Crippen LogP contribution in [0, 0.1) is 0 Å². The van der Waals surface area contributed by atoms with Gasteiger partial charge in [0, 0.05) is 17.4 Å². The number of carbonyl (C=O) groups is 2. The van der Waals surface area contributed by atoms with Crippen molar-refractivity contribution in [2.45, 2.75) is 12.5 Å². The van der Waals surface area contributed by atoms with E-state index < -0.39 is 6.04 Å². The van der Waals surface area contributed by atoms with Gasteiger partial charge in [-0.3, -0.25) is 4.79 Å². The summed E-state index contributed by atoms with van der Waals surface area (Å²) in [5.41, 5.74) is 3.54. The normalized spacial score (nSPS) is 19.0. The molecule has 0 saturated carbocycles. The number of imide groups is 1. The minimum atomic E-state index is -0.583. The Kier molecular flexibility index (Phi) is 3.09. The molecule has 0 radical (unpaired) electrons. The van der Waals surface area contributed by atoms with Crippen LogP contribution in [-0.4, -0.2) is 35.5 Å². The van der Waals surface area contributed by atoms with Crippen molar-refractivity contribution < 1.29 is 14.3 Å². The molecule has 1 saturated heterocycles. The predicted octanol–water partition coefficient (Wildman–Crippen LogP) is 3.24. The Morgan fingerprint density at radius 3 is 2.62 bits per heavy atom. The maximum Gasteiger partial charge on any atom is 0.332 e. The van der Waals surface area contributed by atoms with Crippen molar-refractivity contribution in [1.29, 1.82) is 0 Å². The molecule has 1 N–H and O–H groups in total. The summed E-state index contributed by atoms with van der Waals surface area (Å²) in [6.45, 7) is 0.538. The van der Waals surface area contributed by atoms with Crippen LogP contribution in [0.2, 0.25) is 0 Å². The van der Waals surface area contributed by atoms with Crippen molar-refractivity contribution >= 4 is 28.5 Å². The van der Waals surface area contributed by atoms with Gasteiger partial charge in [-0.1, -0.05) is 18.2 Å². The quantitative estimate of drug-likeness (QED) is 0.724. The average Bonchev–Trinajstić information content (AvgIpc) is 3.17. The summed E-state index contributed by atoms with van der Waals surface area (Å²) in [5, 5.41) is 1.13. The molecule has 2 aliphatic rings. The molecule has 1 fully saturated rings. The third kappa shape index (κ3) is 1.92. The Labute approximate surface area is 150 Å². The molecule has 0 spiro atoms. The largest absolute Gasteiger partial charge is 0.497 e. The maximum atomic E-state index is 13.2. The highest BCUT2D eigenvalue weighted by molar-refractivity contribution is 6.21. The molecule has 3 aromatic rings. The van der Waals surface area contributed by atoms with Gasteiger partial charge in [0.15, 0.2) is 6.04 Å². The van der Waals surface area contributed by atoms with Crippen molar-refractivity contribution in [2.24, 2.45) is 0 Å². The van der Waals surface area contributed by atoms with Gasteiger partial charge in [-0.05, 0) is 42.3 Å². The molecule has 1 aromatic heterocycles. The van der Waals surface area contributed by atoms with Gasteiger partial charge in [-0.15, -0.1) is 0 Å². The van der Waals surface area contributed by atoms with E-state index in [4.69, 9.17) is 4.74 Å². The number of hydrogen-bond donors (Lipinski definition) is 1. The lowest BCUT2D eigenvalue weighted by atomic mass is 9.98. The van der Waals surface area contributed by atoms with Crippen molar-refractivity contribution in [1.82, 2.24) is 9.88 Å². The fourth-order valence-electron chi connectivity index (χ4n) is 4.02. The van der Waals surface area contributed by atoms with E-state index in [1.807, 2.05) is 18.2 Å². The number of aromatic nitrogens is 1. The molecule has 3 heterocycles. The number of urea groups is 1. The number of ether oxygens (including phenoxy) is 1. The summed E-state index contributed by atoms with van der Waals surface area (Å²) in [5.74, 6) is 0.469. The number of anilines is 1. The van der Waals surface area contributed by atoms with Crippen molar-refractivity contribution in [3.05, 3.63) is 59.8 Å². The number of aromatic amines is 1. The zero-order valence-electron chi connectivity index (χ0n) is 14.2. The fraction of sp³-hybridized carbons (Fsp3) is 0.200. The van der Waals surface area contributed by atoms with Gasteiger partial charge in [0.1, 0.15) is 5.75 Å². The number of fused-ring (bicyclic) bond motifs is 5. The van der Waals surface area contributed by atoms with E-state index in [9.17, 15) is 9.59 Å². The summed E-state index contributed by atoms with van der Waals surface area (Å²) in [7, 11) is 1.58. The molecule has 130 valence electrons. The second-order valence-corrected chi connectivity index (χ2v) is 6.56. The number of H-pyrrole nitrogens is 1. The Balaban J connectivity index is 1.59. The molecule has 2 aromatic carbocycles. The molecule has 26 heavy (non-hydrogen) atoms. The molecular weight excluding hydrogens is 330 g/mol. The van der Waals surface area contributed by atoms with Crippen LogP contribution in [0.15, 0.2) is 48.5 Å². The number of para-hydroxylation sites is 1. The number of amides is 3. The van der Waals surface area contributed by atoms with Gasteiger partial charge < -0.3 is 14.6 Å². The van der Waals surface area contributed by atoms with Crippen LogP contribution in [-0.2, 0) is 11.2 Å². The average molecular weight is 347 g/mol. The fourth-order valence-corrected chi connectivity index (χ4v) is 4.02. The molecule has 1 atom stereocenters. The molecule has 1 unspecified atom stereocenters. The second-order valence-electron chi connectivity index (χ2n) is 6.56. The van der Waals surface area contributed by atoms with Crippen molar-refractivity contribution in [3.63, 3.8) is 0 Å². The van der Waals surface area contributed by atoms with Crippen molar-refractivity contribution in [3.8, 4) is 5.75 Å². The summed E-state index contributed by atoms with van der Waals surface area (Å²) in [4.78, 5) is 32.4. The standard InChI is InChI=1S/C20H17N3O3/c1-26-13-8-6-12(7-9-13)23-19(24)18-17-15(10-11-22(18)20(23)25)14-4-2-3-5-16(14)21-17/h2-9,18,21H,10-11H2,1H3. The molecule has 0 bridgehead atoms. The summed E-state index contributed by atoms with van der Waals surface area (Å²) in [6.07, 6.45) is 0.741. The van der Waals surface area contributed by atoms with E-state index in [1.165, 1.54) is 4.90 Å². The minimum absolute atomic E-state index is 0.215. The van der Waals surface area contributed by atoms with Crippen LogP contribution in [0.1, 0.15) is 17.3 Å². The molecule has 2 aliphatic heterocycles. The number of nitrogens with zero attached hydrogens (tertiary/aromatic N) is 2. The monoisotopic (exact) mass is 347 g/mol. The number of nitrogens with one attached hydrogen (secondary N) is 1. The van der Waals surface area contributed by atoms with E-state index in [1.54, 1.807) is 36.3 Å². The number of benzene rings is 2. The summed E-state index contributed by atoms with van der Waals surface area (Å²) < 4.78 is 5.16. The SMILES string of the molecule is COc1ccc(N2C(=O)C3c4[nH]c5ccccc5c4CCN3C2=O)cc1. The van der Waals surface area contributed by atoms with Crippen LogP contribution < -0.4 is 9.64 Å². The van der Waals surface area contributed by atoms with Gasteiger partial charge >= 0.3 is 6.03 Å². The van der Waals surface area contributed by atoms with Crippen LogP contribution in [0.4, 0.5) is 10.5 Å². The molecule has 6 nitrogen and oxygen atoms in total. The Bertz CT molecular complexity index is 1040. The lowest BCUT2D eigenvalue weighted by molar-refractivity contribution is -0.120. The van der Waals surface area contributed by atoms with Crippen LogP contribution in [0.25, 0.3) is 10.9 Å². The highest BCUT2D eigenvalue weighted by Crippen LogP contribution is 2.41. The first-order chi connectivity index (χ1) is 12.7. The smallest absolute Gasteiger partial charge is 0.332 e. The van der Waals surface area contributed by atoms with Crippen LogP contribution in [0.5, 0.6) is 5.75 Å². The van der Waals surface area contributed by atoms with Gasteiger partial charge in [0.25, 0.3) is 5.91 Å². The highest BCUT2D eigenvalue weighted by Gasteiger charge is 2.49. The third-order valence-corrected chi connectivity index (χ3v) is 5.26. The Morgan fingerprint density at radius 1 is 1.08 bits per heavy atom. The maximum absolute atomic E-state index is 13.2. The zero-order chi connectivity index (χ0) is 17.8. The van der Waals surface area contributed by atoms with E-state index >= 15 is 0 Å². The van der Waals surface area contributed by atoms with Crippen LogP contribution in [0.3, 0.4) is 0 Å². The predicted molar refractivity (Wildman–Crippen MR) is 97.3 cm³/mol. The lowest BCUT2D eigenvalue weighted by Gasteiger charge is -2.26. The summed E-state index contributed by atoms with van der Waals surface area (Å²) in [6, 6.07) is 14.1. The topological polar surface area (TPSA) is 65.6 Å². The highest BCUT2D eigenvalue weighted by atomic mass is 16.5. The van der Waals surface area contributed by atoms with Crippen LogP contribution >= 0.6 is 0 Å². The van der Waals surface area contributed by atoms with Crippen molar-refractivity contribution in [2.75, 3.05) is 18.6 Å². The van der Waals surface area contributed by atoms with Gasteiger partial charge in [-0.25, -0.2) is 9.69 Å². The molecule has 5 rings (SSSR count). The first kappa shape index (κ1) is 15.0. The first-order valence-electron chi connectivity index (χ1n) is 8.57. The van der Waals surface area contributed by atoms with Gasteiger partial charge in [0.2, 0.25) is 0 Å². The lowest BCUT2D eigenvalue weighted by Crippen LogP contribution is -2.36. The van der Waals surface area contributed by atoms with E-state index in [2.05, 4.69) is 11.1 Å². The summed E-state index contributed by atoms with van der Waals surface area (Å²) >= 11 is 0. The first-order valence-corrected chi connectivity index (χ1v) is 8.57. The minimum Gasteiger partial charge on any atom is -0.497 e. The second kappa shape index (κ2) is 5.36. The number of carbonyl (C=O) groups excluding carboxylic acids is 2. The van der Waals surface area contributed by atoms with Gasteiger partial charge in [0.05, 0.1) is 18.5 Å². The number of rotatable bonds is 2. The molecular formula is C20H17N3O3. The third-order valence-electron chi connectivity index (χ3n) is 5.26. The molecule has 0 aliphatic carbocycles. The number of methoxy groups -OCH3 is 1. The Hall–Kier alpha value is -3.28. The van der Waals surface area contributed by atoms with Gasteiger partial charge in [-0.2, -0.15) is 0 Å². The number of hydrogen-bond acceptors (Lipinski definition) is 3. The van der Waals surface area contributed by atoms with E-state index in [0.29, 0.717) is 18.0 Å². The zero-order valence-corrected chi connectivity index (χ0v) is 14.2. The Morgan fingerprint density at radius 2 is 1.85 bits per heavy atom. The van der Waals surface area contributed by atoms with E-state index in [0.717, 1.165) is 28.6 Å². The molecule has 3 amide bonds. The molecule has 6 heteroatoms.